The fourth-order valence-electron chi connectivity index (χ4n) is 2.30. The molecule has 0 saturated heterocycles. The minimum atomic E-state index is -3.72. The number of aliphatic hydroxyl groups excluding tert-OH is 1. The average molecular weight is 348 g/mol. The lowest BCUT2D eigenvalue weighted by atomic mass is 9.63. The van der Waals surface area contributed by atoms with Crippen molar-refractivity contribution >= 4 is 29.6 Å². The zero-order chi connectivity index (χ0) is 19.5. The largest absolute Gasteiger partial charge is 0.463 e. The lowest BCUT2D eigenvalue weighted by Crippen LogP contribution is -2.80. The van der Waals surface area contributed by atoms with Gasteiger partial charge in [0.2, 0.25) is 11.2 Å². The van der Waals surface area contributed by atoms with Crippen LogP contribution in [0.4, 0.5) is 0 Å². The third kappa shape index (κ3) is 3.13. The van der Waals surface area contributed by atoms with Gasteiger partial charge in [-0.15, -0.1) is 0 Å². The lowest BCUT2D eigenvalue weighted by molar-refractivity contribution is -0.244. The van der Waals surface area contributed by atoms with Crippen molar-refractivity contribution in [2.24, 2.45) is 0 Å². The first-order chi connectivity index (χ1) is 10.7. The van der Waals surface area contributed by atoms with E-state index >= 15 is 0 Å². The zero-order valence-corrected chi connectivity index (χ0v) is 13.6. The molecule has 0 unspecified atom stereocenters. The molecule has 0 aromatic carbocycles. The van der Waals surface area contributed by atoms with Crippen molar-refractivity contribution in [1.82, 2.24) is 0 Å². The van der Waals surface area contributed by atoms with Crippen LogP contribution in [0.5, 0.6) is 0 Å². The molecule has 0 aromatic heterocycles. The van der Waals surface area contributed by atoms with Gasteiger partial charge in [-0.2, -0.15) is 0 Å². The SMILES string of the molecule is CC(=O)OC[C@@H](O)[C@](O)(C(C)=O)[C@@](O)(C(C)=O)[C@@](O)(C=O)C(C)=O. The Morgan fingerprint density at radius 3 is 1.67 bits per heavy atom. The average Bonchev–Trinajstić information content (AvgIpc) is 2.48. The minimum Gasteiger partial charge on any atom is -0.463 e. The number of ketones is 3. The molecule has 10 nitrogen and oxygen atoms in total. The van der Waals surface area contributed by atoms with E-state index in [1.807, 2.05) is 0 Å². The summed E-state index contributed by atoms with van der Waals surface area (Å²) >= 11 is 0. The summed E-state index contributed by atoms with van der Waals surface area (Å²) in [5.41, 5.74) is -10.8. The molecule has 0 fully saturated rings. The van der Waals surface area contributed by atoms with Crippen LogP contribution in [-0.2, 0) is 28.7 Å². The van der Waals surface area contributed by atoms with E-state index in [1.54, 1.807) is 0 Å². The molecule has 4 atom stereocenters. The minimum absolute atomic E-state index is 0.525. The Bertz CT molecular complexity index is 570. The summed E-state index contributed by atoms with van der Waals surface area (Å²) in [6.45, 7) is 1.73. The first-order valence-corrected chi connectivity index (χ1v) is 6.71. The van der Waals surface area contributed by atoms with E-state index in [4.69, 9.17) is 0 Å². The topological polar surface area (TPSA) is 176 Å². The Labute approximate surface area is 137 Å². The highest BCUT2D eigenvalue weighted by Crippen LogP contribution is 2.37. The summed E-state index contributed by atoms with van der Waals surface area (Å²) in [6.07, 6.45) is -2.96. The molecular formula is C14H20O10. The zero-order valence-electron chi connectivity index (χ0n) is 13.6. The Morgan fingerprint density at radius 2 is 1.42 bits per heavy atom. The molecular weight excluding hydrogens is 328 g/mol. The van der Waals surface area contributed by atoms with Crippen LogP contribution in [0.25, 0.3) is 0 Å². The van der Waals surface area contributed by atoms with Crippen molar-refractivity contribution in [3.05, 3.63) is 0 Å². The predicted molar refractivity (Wildman–Crippen MR) is 75.6 cm³/mol. The number of carbonyl (C=O) groups is 5. The first kappa shape index (κ1) is 22.0. The van der Waals surface area contributed by atoms with Gasteiger partial charge in [0.05, 0.1) is 0 Å². The quantitative estimate of drug-likeness (QED) is 0.192. The smallest absolute Gasteiger partial charge is 0.302 e. The van der Waals surface area contributed by atoms with Gasteiger partial charge in [0.15, 0.2) is 29.2 Å². The van der Waals surface area contributed by atoms with Gasteiger partial charge >= 0.3 is 5.97 Å². The Balaban J connectivity index is 6.54. The van der Waals surface area contributed by atoms with Crippen LogP contribution in [0.1, 0.15) is 27.7 Å². The molecule has 10 heteroatoms. The molecule has 0 aromatic rings. The van der Waals surface area contributed by atoms with Gasteiger partial charge in [0, 0.05) is 6.92 Å². The maximum atomic E-state index is 11.9. The van der Waals surface area contributed by atoms with E-state index in [9.17, 15) is 44.4 Å². The molecule has 4 N–H and O–H groups in total. The molecule has 0 saturated carbocycles. The van der Waals surface area contributed by atoms with Gasteiger partial charge in [-0.25, -0.2) is 0 Å². The van der Waals surface area contributed by atoms with Gasteiger partial charge in [0.25, 0.3) is 0 Å². The third-order valence-electron chi connectivity index (χ3n) is 3.78. The maximum Gasteiger partial charge on any atom is 0.302 e. The van der Waals surface area contributed by atoms with Crippen molar-refractivity contribution in [3.63, 3.8) is 0 Å². The molecule has 0 bridgehead atoms. The number of aliphatic hydroxyl groups is 4. The number of hydrogen-bond acceptors (Lipinski definition) is 10. The number of hydrogen-bond donors (Lipinski definition) is 4. The fourth-order valence-corrected chi connectivity index (χ4v) is 2.30. The Kier molecular flexibility index (Phi) is 6.65. The van der Waals surface area contributed by atoms with E-state index < -0.39 is 59.1 Å². The van der Waals surface area contributed by atoms with Crippen LogP contribution in [-0.4, -0.2) is 79.5 Å². The van der Waals surface area contributed by atoms with Crippen molar-refractivity contribution in [2.45, 2.75) is 50.6 Å². The third-order valence-corrected chi connectivity index (χ3v) is 3.78. The summed E-state index contributed by atoms with van der Waals surface area (Å²) in [7, 11) is 0. The second kappa shape index (κ2) is 7.26. The summed E-state index contributed by atoms with van der Waals surface area (Å²) in [6, 6.07) is 0. The van der Waals surface area contributed by atoms with Crippen LogP contribution < -0.4 is 0 Å². The van der Waals surface area contributed by atoms with Crippen LogP contribution in [0.15, 0.2) is 0 Å². The number of carbonyl (C=O) groups excluding carboxylic acids is 5. The number of Topliss-reactive ketones (excluding diaryl/α,β-unsaturated/α-hetero) is 3. The van der Waals surface area contributed by atoms with Gasteiger partial charge in [-0.3, -0.25) is 24.0 Å². The summed E-state index contributed by atoms with van der Waals surface area (Å²) < 4.78 is 4.40. The molecule has 0 aliphatic rings. The highest BCUT2D eigenvalue weighted by atomic mass is 16.5. The molecule has 24 heavy (non-hydrogen) atoms. The number of rotatable bonds is 9. The van der Waals surface area contributed by atoms with E-state index in [0.29, 0.717) is 20.8 Å². The molecule has 136 valence electrons. The van der Waals surface area contributed by atoms with Gasteiger partial charge in [-0.05, 0) is 20.8 Å². The Morgan fingerprint density at radius 1 is 0.958 bits per heavy atom. The van der Waals surface area contributed by atoms with Crippen LogP contribution in [0.3, 0.4) is 0 Å². The highest BCUT2D eigenvalue weighted by Gasteiger charge is 2.72. The molecule has 0 amide bonds. The predicted octanol–water partition coefficient (Wildman–Crippen LogP) is -2.93. The van der Waals surface area contributed by atoms with E-state index in [1.165, 1.54) is 0 Å². The molecule has 0 spiro atoms. The van der Waals surface area contributed by atoms with Crippen molar-refractivity contribution in [2.75, 3.05) is 6.61 Å². The Hall–Kier alpha value is -2.01. The number of aldehydes is 1. The summed E-state index contributed by atoms with van der Waals surface area (Å²) in [5, 5.41) is 41.3. The normalized spacial score (nSPS) is 19.8. The van der Waals surface area contributed by atoms with E-state index in [2.05, 4.69) is 4.74 Å². The second-order valence-electron chi connectivity index (χ2n) is 5.35. The number of ether oxygens (including phenoxy) is 1. The molecule has 0 rings (SSSR count). The number of esters is 1. The first-order valence-electron chi connectivity index (χ1n) is 6.71. The summed E-state index contributed by atoms with van der Waals surface area (Å²) in [4.78, 5) is 57.4. The maximum absolute atomic E-state index is 11.9. The van der Waals surface area contributed by atoms with Crippen molar-refractivity contribution in [1.29, 1.82) is 0 Å². The van der Waals surface area contributed by atoms with Gasteiger partial charge < -0.3 is 25.2 Å². The highest BCUT2D eigenvalue weighted by molar-refractivity contribution is 6.12. The van der Waals surface area contributed by atoms with Gasteiger partial charge in [0.1, 0.15) is 12.7 Å². The fraction of sp³-hybridized carbons (Fsp3) is 0.643. The molecule has 0 heterocycles. The summed E-state index contributed by atoms with van der Waals surface area (Å²) in [5.74, 6) is -5.40. The second-order valence-corrected chi connectivity index (χ2v) is 5.35. The van der Waals surface area contributed by atoms with E-state index in [-0.39, 0.29) is 0 Å². The monoisotopic (exact) mass is 348 g/mol. The van der Waals surface area contributed by atoms with E-state index in [0.717, 1.165) is 6.92 Å². The van der Waals surface area contributed by atoms with Gasteiger partial charge in [-0.1, -0.05) is 0 Å². The van der Waals surface area contributed by atoms with Crippen LogP contribution >= 0.6 is 0 Å². The van der Waals surface area contributed by atoms with Crippen molar-refractivity contribution in [3.8, 4) is 0 Å². The van der Waals surface area contributed by atoms with Crippen LogP contribution in [0, 0.1) is 0 Å². The molecule has 0 radical (unpaired) electrons. The molecule has 0 aliphatic carbocycles. The van der Waals surface area contributed by atoms with Crippen LogP contribution in [0.2, 0.25) is 0 Å². The molecule has 0 aliphatic heterocycles. The van der Waals surface area contributed by atoms with Crippen molar-refractivity contribution < 1.29 is 49.1 Å². The standard InChI is InChI=1S/C14H20O10/c1-7(16)12(21,6-15)14(23,9(3)18)13(22,8(2)17)11(20)5-24-10(4)19/h6,11,20-23H,5H2,1-4H3/t11-,12-,13-,14-/m1/s1. The lowest BCUT2D eigenvalue weighted by Gasteiger charge is -2.47.